The number of hydrogen-bond donors (Lipinski definition) is 1. The molecule has 0 radical (unpaired) electrons. The molecule has 0 saturated heterocycles. The van der Waals surface area contributed by atoms with E-state index < -0.39 is 10.0 Å². The maximum atomic E-state index is 12.9. The highest BCUT2D eigenvalue weighted by Gasteiger charge is 2.25. The Balaban J connectivity index is 1.51. The zero-order chi connectivity index (χ0) is 23.8. The van der Waals surface area contributed by atoms with E-state index in [1.165, 1.54) is 13.0 Å². The van der Waals surface area contributed by atoms with E-state index in [9.17, 15) is 13.2 Å². The highest BCUT2D eigenvalue weighted by Crippen LogP contribution is 2.33. The van der Waals surface area contributed by atoms with Crippen molar-refractivity contribution in [3.8, 4) is 11.5 Å². The van der Waals surface area contributed by atoms with Crippen molar-refractivity contribution in [2.75, 3.05) is 16.2 Å². The molecule has 0 spiro atoms. The van der Waals surface area contributed by atoms with Gasteiger partial charge in [0.2, 0.25) is 5.91 Å². The molecule has 0 fully saturated rings. The van der Waals surface area contributed by atoms with Crippen molar-refractivity contribution in [3.05, 3.63) is 77.4 Å². The predicted octanol–water partition coefficient (Wildman–Crippen LogP) is 5.62. The van der Waals surface area contributed by atoms with Crippen LogP contribution in [0, 0.1) is 6.92 Å². The number of amides is 1. The lowest BCUT2D eigenvalue weighted by atomic mass is 10.0. The summed E-state index contributed by atoms with van der Waals surface area (Å²) in [5.74, 6) is 1.71. The lowest BCUT2D eigenvalue weighted by Crippen LogP contribution is -2.25. The van der Waals surface area contributed by atoms with Gasteiger partial charge in [-0.05, 0) is 84.5 Å². The van der Waals surface area contributed by atoms with Crippen LogP contribution in [0.2, 0.25) is 0 Å². The van der Waals surface area contributed by atoms with Crippen LogP contribution in [-0.4, -0.2) is 20.9 Å². The second-order valence-corrected chi connectivity index (χ2v) is 10.3. The summed E-state index contributed by atoms with van der Waals surface area (Å²) in [6, 6.07) is 17.9. The quantitative estimate of drug-likeness (QED) is 0.514. The summed E-state index contributed by atoms with van der Waals surface area (Å²) in [7, 11) is -3.76. The fraction of sp³-hybridized carbons (Fsp3) is 0.269. The molecule has 0 bridgehead atoms. The Labute approximate surface area is 195 Å². The van der Waals surface area contributed by atoms with E-state index >= 15 is 0 Å². The Morgan fingerprint density at radius 3 is 2.42 bits per heavy atom. The zero-order valence-electron chi connectivity index (χ0n) is 19.3. The monoisotopic (exact) mass is 464 g/mol. The van der Waals surface area contributed by atoms with Crippen LogP contribution in [0.4, 0.5) is 11.4 Å². The molecule has 6 nitrogen and oxygen atoms in total. The number of fused-ring (bicyclic) bond motifs is 1. The van der Waals surface area contributed by atoms with Crippen molar-refractivity contribution in [2.45, 2.75) is 44.9 Å². The van der Waals surface area contributed by atoms with Gasteiger partial charge in [-0.1, -0.05) is 26.0 Å². The molecule has 33 heavy (non-hydrogen) atoms. The van der Waals surface area contributed by atoms with E-state index in [1.54, 1.807) is 41.3 Å². The normalized spacial score (nSPS) is 13.2. The van der Waals surface area contributed by atoms with Crippen LogP contribution in [-0.2, 0) is 21.2 Å². The third kappa shape index (κ3) is 4.88. The predicted molar refractivity (Wildman–Crippen MR) is 131 cm³/mol. The minimum atomic E-state index is -3.76. The van der Waals surface area contributed by atoms with E-state index in [4.69, 9.17) is 4.74 Å². The van der Waals surface area contributed by atoms with E-state index in [1.807, 2.05) is 13.0 Å². The fourth-order valence-electron chi connectivity index (χ4n) is 4.01. The van der Waals surface area contributed by atoms with Crippen LogP contribution in [0.25, 0.3) is 0 Å². The number of hydrogen-bond acceptors (Lipinski definition) is 4. The summed E-state index contributed by atoms with van der Waals surface area (Å²) in [6.45, 7) is 8.34. The van der Waals surface area contributed by atoms with Gasteiger partial charge in [0.1, 0.15) is 11.5 Å². The number of carbonyl (C=O) groups is 1. The number of anilines is 2. The molecule has 3 aromatic carbocycles. The maximum absolute atomic E-state index is 12.9. The van der Waals surface area contributed by atoms with E-state index in [0.717, 1.165) is 28.1 Å². The minimum Gasteiger partial charge on any atom is -0.457 e. The molecule has 1 amide bonds. The van der Waals surface area contributed by atoms with E-state index in [2.05, 4.69) is 30.7 Å². The zero-order valence-corrected chi connectivity index (χ0v) is 20.1. The first-order chi connectivity index (χ1) is 15.6. The molecule has 0 unspecified atom stereocenters. The van der Waals surface area contributed by atoms with Crippen molar-refractivity contribution >= 4 is 27.3 Å². The second kappa shape index (κ2) is 8.90. The molecule has 0 atom stereocenters. The SMILES string of the molecule is CC(=O)N1CCc2cc(S(=O)(=O)Nc3ccc(Oc4cc(C)ccc4C(C)C)cc3)ccc21. The van der Waals surface area contributed by atoms with Crippen LogP contribution in [0.5, 0.6) is 11.5 Å². The number of ether oxygens (including phenoxy) is 1. The second-order valence-electron chi connectivity index (χ2n) is 8.64. The molecule has 1 aliphatic heterocycles. The lowest BCUT2D eigenvalue weighted by Gasteiger charge is -2.16. The van der Waals surface area contributed by atoms with Gasteiger partial charge in [0, 0.05) is 24.8 Å². The van der Waals surface area contributed by atoms with Crippen LogP contribution in [0.3, 0.4) is 0 Å². The van der Waals surface area contributed by atoms with Crippen molar-refractivity contribution < 1.29 is 17.9 Å². The smallest absolute Gasteiger partial charge is 0.261 e. The average Bonchev–Trinajstić information content (AvgIpc) is 3.18. The van der Waals surface area contributed by atoms with Gasteiger partial charge in [0.15, 0.2) is 0 Å². The largest absolute Gasteiger partial charge is 0.457 e. The Hall–Kier alpha value is -3.32. The lowest BCUT2D eigenvalue weighted by molar-refractivity contribution is -0.116. The molecule has 4 rings (SSSR count). The summed E-state index contributed by atoms with van der Waals surface area (Å²) in [4.78, 5) is 13.6. The molecule has 1 N–H and O–H groups in total. The summed E-state index contributed by atoms with van der Waals surface area (Å²) in [5, 5.41) is 0. The number of aryl methyl sites for hydroxylation is 1. The number of carbonyl (C=O) groups excluding carboxylic acids is 1. The molecule has 0 saturated carbocycles. The molecule has 3 aromatic rings. The Kier molecular flexibility index (Phi) is 6.17. The number of rotatable bonds is 6. The van der Waals surface area contributed by atoms with E-state index in [0.29, 0.717) is 30.3 Å². The molecular formula is C26H28N2O4S. The van der Waals surface area contributed by atoms with Crippen LogP contribution < -0.4 is 14.4 Å². The molecule has 1 aliphatic rings. The fourth-order valence-corrected chi connectivity index (χ4v) is 5.12. The van der Waals surface area contributed by atoms with Crippen molar-refractivity contribution in [2.24, 2.45) is 0 Å². The highest BCUT2D eigenvalue weighted by atomic mass is 32.2. The van der Waals surface area contributed by atoms with Gasteiger partial charge >= 0.3 is 0 Å². The van der Waals surface area contributed by atoms with Crippen LogP contribution in [0.15, 0.2) is 65.6 Å². The molecule has 0 aliphatic carbocycles. The van der Waals surface area contributed by atoms with E-state index in [-0.39, 0.29) is 10.8 Å². The number of nitrogens with zero attached hydrogens (tertiary/aromatic N) is 1. The van der Waals surface area contributed by atoms with Gasteiger partial charge in [0.25, 0.3) is 10.0 Å². The third-order valence-electron chi connectivity index (χ3n) is 5.76. The van der Waals surface area contributed by atoms with Gasteiger partial charge in [-0.25, -0.2) is 8.42 Å². The van der Waals surface area contributed by atoms with Crippen molar-refractivity contribution in [3.63, 3.8) is 0 Å². The van der Waals surface area contributed by atoms with Gasteiger partial charge < -0.3 is 9.64 Å². The van der Waals surface area contributed by atoms with Gasteiger partial charge in [-0.15, -0.1) is 0 Å². The van der Waals surface area contributed by atoms with Crippen LogP contribution in [0.1, 0.15) is 43.4 Å². The first-order valence-corrected chi connectivity index (χ1v) is 12.4. The first kappa shape index (κ1) is 22.9. The van der Waals surface area contributed by atoms with Gasteiger partial charge in [-0.2, -0.15) is 0 Å². The van der Waals surface area contributed by atoms with Crippen LogP contribution >= 0.6 is 0 Å². The molecule has 7 heteroatoms. The minimum absolute atomic E-state index is 0.0454. The molecule has 0 aromatic heterocycles. The summed E-state index contributed by atoms with van der Waals surface area (Å²) < 4.78 is 34.6. The first-order valence-electron chi connectivity index (χ1n) is 11.0. The number of sulfonamides is 1. The molecular weight excluding hydrogens is 436 g/mol. The Morgan fingerprint density at radius 2 is 1.76 bits per heavy atom. The number of benzene rings is 3. The standard InChI is InChI=1S/C26H28N2O4S/c1-17(2)24-11-5-18(3)15-26(24)32-22-8-6-21(7-9-22)27-33(30,31)23-10-12-25-20(16-23)13-14-28(25)19(4)29/h5-12,15-17,27H,13-14H2,1-4H3. The van der Waals surface area contributed by atoms with Gasteiger partial charge in [-0.3, -0.25) is 9.52 Å². The summed E-state index contributed by atoms with van der Waals surface area (Å²) in [5.41, 5.74) is 4.31. The number of nitrogens with one attached hydrogen (secondary N) is 1. The molecule has 1 heterocycles. The average molecular weight is 465 g/mol. The van der Waals surface area contributed by atoms with Crippen molar-refractivity contribution in [1.29, 1.82) is 0 Å². The van der Waals surface area contributed by atoms with Gasteiger partial charge in [0.05, 0.1) is 4.90 Å². The maximum Gasteiger partial charge on any atom is 0.261 e. The summed E-state index contributed by atoms with van der Waals surface area (Å²) in [6.07, 6.45) is 0.641. The Bertz CT molecular complexity index is 1300. The van der Waals surface area contributed by atoms with Crippen molar-refractivity contribution in [1.82, 2.24) is 0 Å². The molecule has 172 valence electrons. The topological polar surface area (TPSA) is 75.7 Å². The highest BCUT2D eigenvalue weighted by molar-refractivity contribution is 7.92. The Morgan fingerprint density at radius 1 is 1.03 bits per heavy atom. The third-order valence-corrected chi connectivity index (χ3v) is 7.14. The summed E-state index contributed by atoms with van der Waals surface area (Å²) >= 11 is 0.